The van der Waals surface area contributed by atoms with Gasteiger partial charge in [0.15, 0.2) is 11.5 Å². The molecule has 0 saturated carbocycles. The smallest absolute Gasteiger partial charge is 0.290 e. The normalized spacial score (nSPS) is 16.4. The van der Waals surface area contributed by atoms with Crippen molar-refractivity contribution in [3.63, 3.8) is 0 Å². The molecule has 3 rings (SSSR count). The van der Waals surface area contributed by atoms with E-state index in [4.69, 9.17) is 4.74 Å². The Bertz CT molecular complexity index is 982. The second-order valence-electron chi connectivity index (χ2n) is 8.83. The van der Waals surface area contributed by atoms with Crippen LogP contribution in [0, 0.1) is 5.92 Å². The van der Waals surface area contributed by atoms with Crippen LogP contribution in [-0.2, 0) is 16.2 Å². The Hall–Kier alpha value is -3.12. The van der Waals surface area contributed by atoms with Crippen molar-refractivity contribution in [2.45, 2.75) is 32.9 Å². The van der Waals surface area contributed by atoms with E-state index in [0.717, 1.165) is 11.1 Å². The number of rotatable bonds is 10. The molecular weight excluding hydrogens is 404 g/mol. The maximum Gasteiger partial charge on any atom is 0.290 e. The molecule has 2 aromatic carbocycles. The third kappa shape index (κ3) is 5.56. The molecule has 0 spiro atoms. The number of carbonyl (C=O) groups excluding carboxylic acids is 2. The van der Waals surface area contributed by atoms with Gasteiger partial charge in [-0.15, -0.1) is 0 Å². The number of hydrogen-bond acceptors (Lipinski definition) is 5. The van der Waals surface area contributed by atoms with E-state index in [2.05, 4.69) is 0 Å². The minimum absolute atomic E-state index is 0.120. The Morgan fingerprint density at radius 2 is 1.84 bits per heavy atom. The summed E-state index contributed by atoms with van der Waals surface area (Å²) in [5.74, 6) is -0.364. The third-order valence-corrected chi connectivity index (χ3v) is 5.41. The number of nitrogens with zero attached hydrogens (tertiary/aromatic N) is 2. The van der Waals surface area contributed by atoms with Crippen molar-refractivity contribution in [1.82, 2.24) is 9.80 Å². The molecule has 1 aliphatic heterocycles. The number of benzene rings is 2. The quantitative estimate of drug-likeness (QED) is 0.606. The second kappa shape index (κ2) is 10.5. The van der Waals surface area contributed by atoms with Gasteiger partial charge in [-0.2, -0.15) is 0 Å². The molecule has 6 nitrogen and oxygen atoms in total. The van der Waals surface area contributed by atoms with Crippen molar-refractivity contribution in [3.8, 4) is 5.75 Å². The van der Waals surface area contributed by atoms with Gasteiger partial charge >= 0.3 is 0 Å². The fourth-order valence-electron chi connectivity index (χ4n) is 3.82. The third-order valence-electron chi connectivity index (χ3n) is 5.41. The van der Waals surface area contributed by atoms with E-state index in [-0.39, 0.29) is 23.7 Å². The predicted molar refractivity (Wildman–Crippen MR) is 124 cm³/mol. The van der Waals surface area contributed by atoms with Crippen molar-refractivity contribution in [2.24, 2.45) is 5.92 Å². The summed E-state index contributed by atoms with van der Waals surface area (Å²) in [5.41, 5.74) is 1.98. The summed E-state index contributed by atoms with van der Waals surface area (Å²) in [6, 6.07) is 16.7. The lowest BCUT2D eigenvalue weighted by atomic mass is 9.92. The van der Waals surface area contributed by atoms with Crippen molar-refractivity contribution >= 4 is 11.7 Å². The number of ketones is 1. The van der Waals surface area contributed by atoms with E-state index in [1.54, 1.807) is 4.90 Å². The monoisotopic (exact) mass is 436 g/mol. The van der Waals surface area contributed by atoms with Crippen LogP contribution < -0.4 is 4.74 Å². The Labute approximate surface area is 190 Å². The molecule has 1 aliphatic rings. The lowest BCUT2D eigenvalue weighted by Crippen LogP contribution is -2.36. The molecule has 32 heavy (non-hydrogen) atoms. The van der Waals surface area contributed by atoms with Crippen molar-refractivity contribution in [2.75, 3.05) is 27.2 Å². The molecule has 0 aromatic heterocycles. The number of ether oxygens (including phenoxy) is 1. The standard InChI is InChI=1S/C26H32N2O4/c1-18(2)15-22(29)23-24(28(14-13-27(3)4)26(31)25(23)30)20-11-8-12-21(16-20)32-17-19-9-6-5-7-10-19/h5-12,16,18,24,30H,13-15,17H2,1-4H3. The van der Waals surface area contributed by atoms with Crippen LogP contribution in [0.25, 0.3) is 0 Å². The average Bonchev–Trinajstić information content (AvgIpc) is 3.01. The van der Waals surface area contributed by atoms with E-state index in [1.807, 2.05) is 87.4 Å². The zero-order chi connectivity index (χ0) is 23.3. The summed E-state index contributed by atoms with van der Waals surface area (Å²) in [6.45, 7) is 5.32. The van der Waals surface area contributed by atoms with E-state index < -0.39 is 17.7 Å². The topological polar surface area (TPSA) is 70.1 Å². The highest BCUT2D eigenvalue weighted by atomic mass is 16.5. The van der Waals surface area contributed by atoms with Gasteiger partial charge in [-0.1, -0.05) is 56.3 Å². The highest BCUT2D eigenvalue weighted by Gasteiger charge is 2.43. The SMILES string of the molecule is CC(C)CC(=O)C1=C(O)C(=O)N(CCN(C)C)C1c1cccc(OCc2ccccc2)c1. The largest absolute Gasteiger partial charge is 0.503 e. The zero-order valence-corrected chi connectivity index (χ0v) is 19.2. The molecule has 0 saturated heterocycles. The molecule has 0 radical (unpaired) electrons. The molecule has 0 fully saturated rings. The molecule has 1 amide bonds. The Kier molecular flexibility index (Phi) is 7.70. The van der Waals surface area contributed by atoms with Crippen LogP contribution in [0.15, 0.2) is 65.9 Å². The van der Waals surface area contributed by atoms with Gasteiger partial charge in [0.05, 0.1) is 11.6 Å². The van der Waals surface area contributed by atoms with Gasteiger partial charge < -0.3 is 19.6 Å². The summed E-state index contributed by atoms with van der Waals surface area (Å²) in [4.78, 5) is 29.5. The first-order valence-electron chi connectivity index (χ1n) is 11.0. The van der Waals surface area contributed by atoms with E-state index >= 15 is 0 Å². The minimum atomic E-state index is -0.631. The summed E-state index contributed by atoms with van der Waals surface area (Å²) >= 11 is 0. The number of aliphatic hydroxyl groups is 1. The van der Waals surface area contributed by atoms with Crippen LogP contribution in [0.4, 0.5) is 0 Å². The number of carbonyl (C=O) groups is 2. The van der Waals surface area contributed by atoms with Crippen LogP contribution in [0.2, 0.25) is 0 Å². The maximum atomic E-state index is 13.0. The molecular formula is C26H32N2O4. The van der Waals surface area contributed by atoms with Gasteiger partial charge in [-0.25, -0.2) is 0 Å². The van der Waals surface area contributed by atoms with Gasteiger partial charge in [0.1, 0.15) is 12.4 Å². The van der Waals surface area contributed by atoms with E-state index in [1.165, 1.54) is 0 Å². The fourth-order valence-corrected chi connectivity index (χ4v) is 3.82. The maximum absolute atomic E-state index is 13.0. The molecule has 1 unspecified atom stereocenters. The average molecular weight is 437 g/mol. The number of Topliss-reactive ketones (excluding diaryl/α,β-unsaturated/α-hetero) is 1. The lowest BCUT2D eigenvalue weighted by Gasteiger charge is -2.28. The highest BCUT2D eigenvalue weighted by molar-refractivity contribution is 6.09. The van der Waals surface area contributed by atoms with Crippen molar-refractivity contribution < 1.29 is 19.4 Å². The molecule has 2 aromatic rings. The second-order valence-corrected chi connectivity index (χ2v) is 8.83. The van der Waals surface area contributed by atoms with Crippen LogP contribution in [0.3, 0.4) is 0 Å². The summed E-state index contributed by atoms with van der Waals surface area (Å²) in [7, 11) is 3.84. The van der Waals surface area contributed by atoms with Gasteiger partial charge in [0.2, 0.25) is 0 Å². The van der Waals surface area contributed by atoms with Crippen LogP contribution in [0.5, 0.6) is 5.75 Å². The van der Waals surface area contributed by atoms with Crippen LogP contribution in [0.1, 0.15) is 37.4 Å². The predicted octanol–water partition coefficient (Wildman–Crippen LogP) is 4.14. The van der Waals surface area contributed by atoms with Gasteiger partial charge in [-0.3, -0.25) is 9.59 Å². The van der Waals surface area contributed by atoms with Crippen molar-refractivity contribution in [1.29, 1.82) is 0 Å². The number of aliphatic hydroxyl groups excluding tert-OH is 1. The first-order chi connectivity index (χ1) is 15.3. The summed E-state index contributed by atoms with van der Waals surface area (Å²) in [5, 5.41) is 10.7. The summed E-state index contributed by atoms with van der Waals surface area (Å²) in [6.07, 6.45) is 0.273. The molecule has 0 aliphatic carbocycles. The molecule has 1 heterocycles. The number of likely N-dealkylation sites (N-methyl/N-ethyl adjacent to an activating group) is 1. The van der Waals surface area contributed by atoms with Crippen molar-refractivity contribution in [3.05, 3.63) is 77.1 Å². The Balaban J connectivity index is 1.92. The minimum Gasteiger partial charge on any atom is -0.503 e. The summed E-state index contributed by atoms with van der Waals surface area (Å²) < 4.78 is 5.96. The lowest BCUT2D eigenvalue weighted by molar-refractivity contribution is -0.129. The number of hydrogen-bond donors (Lipinski definition) is 1. The zero-order valence-electron chi connectivity index (χ0n) is 19.2. The first kappa shape index (κ1) is 23.5. The fraction of sp³-hybridized carbons (Fsp3) is 0.385. The highest BCUT2D eigenvalue weighted by Crippen LogP contribution is 2.39. The van der Waals surface area contributed by atoms with E-state index in [0.29, 0.717) is 25.4 Å². The van der Waals surface area contributed by atoms with Gasteiger partial charge in [-0.05, 0) is 43.3 Å². The molecule has 1 N–H and O–H groups in total. The molecule has 0 bridgehead atoms. The Morgan fingerprint density at radius 1 is 1.12 bits per heavy atom. The van der Waals surface area contributed by atoms with Crippen LogP contribution >= 0.6 is 0 Å². The first-order valence-corrected chi connectivity index (χ1v) is 11.0. The number of amides is 1. The molecule has 170 valence electrons. The molecule has 1 atom stereocenters. The van der Waals surface area contributed by atoms with E-state index in [9.17, 15) is 14.7 Å². The van der Waals surface area contributed by atoms with Gasteiger partial charge in [0.25, 0.3) is 5.91 Å². The van der Waals surface area contributed by atoms with Crippen LogP contribution in [-0.4, -0.2) is 53.8 Å². The molecule has 6 heteroatoms. The Morgan fingerprint density at radius 3 is 2.50 bits per heavy atom. The van der Waals surface area contributed by atoms with Gasteiger partial charge in [0, 0.05) is 19.5 Å².